The molecule has 8 nitrogen and oxygen atoms in total. The highest BCUT2D eigenvalue weighted by molar-refractivity contribution is 7.47. The normalized spacial score (nSPS) is 15.1. The molecule has 0 aromatic rings. The van der Waals surface area contributed by atoms with Crippen LogP contribution in [-0.2, 0) is 18.4 Å². The average molecular weight is 700 g/mol. The third-order valence-corrected chi connectivity index (χ3v) is 9.32. The molecule has 0 saturated heterocycles. The highest BCUT2D eigenvalue weighted by Crippen LogP contribution is 2.43. The van der Waals surface area contributed by atoms with Gasteiger partial charge in [-0.3, -0.25) is 13.8 Å². The number of unbranched alkanes of at least 4 members (excludes halogenated alkanes) is 17. The zero-order valence-electron chi connectivity index (χ0n) is 31.7. The van der Waals surface area contributed by atoms with Crippen molar-refractivity contribution in [2.24, 2.45) is 0 Å². The fraction of sp³-hybridized carbons (Fsp3) is 0.821. The van der Waals surface area contributed by atoms with Crippen molar-refractivity contribution < 1.29 is 32.9 Å². The number of phosphoric ester groups is 1. The van der Waals surface area contributed by atoms with Crippen molar-refractivity contribution in [2.75, 3.05) is 40.9 Å². The van der Waals surface area contributed by atoms with Crippen molar-refractivity contribution in [3.8, 4) is 0 Å². The van der Waals surface area contributed by atoms with E-state index in [4.69, 9.17) is 9.05 Å². The van der Waals surface area contributed by atoms with Gasteiger partial charge in [-0.2, -0.15) is 0 Å². The molecule has 0 aliphatic rings. The average Bonchev–Trinajstić information content (AvgIpc) is 3.02. The van der Waals surface area contributed by atoms with E-state index in [-0.39, 0.29) is 19.1 Å². The van der Waals surface area contributed by atoms with Gasteiger partial charge in [0.25, 0.3) is 0 Å². The second-order valence-corrected chi connectivity index (χ2v) is 15.8. The van der Waals surface area contributed by atoms with Crippen LogP contribution in [0.2, 0.25) is 0 Å². The maximum atomic E-state index is 12.6. The fourth-order valence-electron chi connectivity index (χ4n) is 5.19. The number of carbonyl (C=O) groups is 1. The monoisotopic (exact) mass is 700 g/mol. The summed E-state index contributed by atoms with van der Waals surface area (Å²) < 4.78 is 23.2. The number of allylic oxidation sites excluding steroid dienone is 5. The number of amides is 1. The lowest BCUT2D eigenvalue weighted by Crippen LogP contribution is -2.45. The second kappa shape index (κ2) is 31.7. The van der Waals surface area contributed by atoms with E-state index in [1.54, 1.807) is 6.08 Å². The maximum Gasteiger partial charge on any atom is 0.472 e. The van der Waals surface area contributed by atoms with Gasteiger partial charge in [-0.1, -0.05) is 140 Å². The van der Waals surface area contributed by atoms with Crippen LogP contribution in [0.1, 0.15) is 155 Å². The summed E-state index contributed by atoms with van der Waals surface area (Å²) in [5.74, 6) is -0.193. The predicted octanol–water partition coefficient (Wildman–Crippen LogP) is 9.96. The van der Waals surface area contributed by atoms with Crippen molar-refractivity contribution in [2.45, 2.75) is 167 Å². The molecule has 0 aliphatic carbocycles. The number of nitrogens with zero attached hydrogens (tertiary/aromatic N) is 1. The smallest absolute Gasteiger partial charge is 0.387 e. The van der Waals surface area contributed by atoms with Crippen molar-refractivity contribution in [3.63, 3.8) is 0 Å². The number of likely N-dealkylation sites (N-methyl/N-ethyl adjacent to an activating group) is 1. The summed E-state index contributed by atoms with van der Waals surface area (Å²) in [5.41, 5.74) is 0. The van der Waals surface area contributed by atoms with E-state index in [9.17, 15) is 19.4 Å². The van der Waals surface area contributed by atoms with Gasteiger partial charge in [0.05, 0.1) is 39.9 Å². The van der Waals surface area contributed by atoms with Crippen LogP contribution in [0.15, 0.2) is 36.5 Å². The molecule has 0 bridgehead atoms. The Labute approximate surface area is 296 Å². The van der Waals surface area contributed by atoms with E-state index < -0.39 is 20.0 Å². The topological polar surface area (TPSA) is 105 Å². The Hall–Kier alpha value is -1.28. The molecule has 0 aromatic heterocycles. The lowest BCUT2D eigenvalue weighted by atomic mass is 10.0. The van der Waals surface area contributed by atoms with Gasteiger partial charge < -0.3 is 19.8 Å². The van der Waals surface area contributed by atoms with Crippen LogP contribution in [0.25, 0.3) is 0 Å². The quantitative estimate of drug-likeness (QED) is 0.0267. The summed E-state index contributed by atoms with van der Waals surface area (Å²) in [5, 5.41) is 13.4. The molecular formula is C39H76N2O6P+. The number of nitrogens with one attached hydrogen (secondary N) is 1. The molecular weight excluding hydrogens is 623 g/mol. The molecule has 3 N–H and O–H groups in total. The first-order valence-corrected chi connectivity index (χ1v) is 20.9. The first kappa shape index (κ1) is 46.7. The third-order valence-electron chi connectivity index (χ3n) is 8.34. The molecule has 0 rings (SSSR count). The summed E-state index contributed by atoms with van der Waals surface area (Å²) in [6.45, 7) is 4.57. The van der Waals surface area contributed by atoms with Crippen LogP contribution in [0.4, 0.5) is 0 Å². The van der Waals surface area contributed by atoms with Gasteiger partial charge in [0.15, 0.2) is 0 Å². The highest BCUT2D eigenvalue weighted by atomic mass is 31.2. The molecule has 9 heteroatoms. The molecule has 0 fully saturated rings. The maximum absolute atomic E-state index is 12.6. The fourth-order valence-corrected chi connectivity index (χ4v) is 5.93. The second-order valence-electron chi connectivity index (χ2n) is 14.3. The third kappa shape index (κ3) is 33.2. The van der Waals surface area contributed by atoms with Crippen molar-refractivity contribution in [1.82, 2.24) is 5.32 Å². The molecule has 0 heterocycles. The van der Waals surface area contributed by atoms with Crippen LogP contribution in [0, 0.1) is 0 Å². The molecule has 48 heavy (non-hydrogen) atoms. The van der Waals surface area contributed by atoms with E-state index in [1.165, 1.54) is 96.3 Å². The molecule has 0 radical (unpaired) electrons. The van der Waals surface area contributed by atoms with Crippen LogP contribution < -0.4 is 5.32 Å². The Morgan fingerprint density at radius 2 is 1.23 bits per heavy atom. The van der Waals surface area contributed by atoms with Crippen LogP contribution in [0.3, 0.4) is 0 Å². The minimum absolute atomic E-state index is 0.0588. The highest BCUT2D eigenvalue weighted by Gasteiger charge is 2.27. The van der Waals surface area contributed by atoms with Crippen molar-refractivity contribution in [1.29, 1.82) is 0 Å². The Bertz CT molecular complexity index is 886. The van der Waals surface area contributed by atoms with E-state index in [1.807, 2.05) is 34.1 Å². The van der Waals surface area contributed by atoms with Gasteiger partial charge in [-0.15, -0.1) is 0 Å². The van der Waals surface area contributed by atoms with Gasteiger partial charge in [0.1, 0.15) is 13.2 Å². The van der Waals surface area contributed by atoms with Crippen molar-refractivity contribution >= 4 is 13.7 Å². The van der Waals surface area contributed by atoms with E-state index in [2.05, 4.69) is 36.5 Å². The zero-order chi connectivity index (χ0) is 35.8. The Morgan fingerprint density at radius 3 is 1.75 bits per heavy atom. The minimum Gasteiger partial charge on any atom is -0.387 e. The number of rotatable bonds is 34. The van der Waals surface area contributed by atoms with Gasteiger partial charge in [-0.25, -0.2) is 4.57 Å². The molecule has 0 aromatic carbocycles. The van der Waals surface area contributed by atoms with E-state index in [0.717, 1.165) is 38.5 Å². The Balaban J connectivity index is 3.98. The molecule has 1 amide bonds. The first-order valence-electron chi connectivity index (χ1n) is 19.4. The van der Waals surface area contributed by atoms with E-state index >= 15 is 0 Å². The van der Waals surface area contributed by atoms with Crippen LogP contribution >= 0.6 is 7.82 Å². The number of quaternary nitrogens is 1. The summed E-state index contributed by atoms with van der Waals surface area (Å²) in [6, 6.07) is -0.841. The Kier molecular flexibility index (Phi) is 30.8. The molecule has 3 atom stereocenters. The lowest BCUT2D eigenvalue weighted by molar-refractivity contribution is -0.870. The molecule has 0 saturated carbocycles. The number of phosphoric acid groups is 1. The molecule has 0 spiro atoms. The molecule has 0 aliphatic heterocycles. The summed E-state index contributed by atoms with van der Waals surface area (Å²) >= 11 is 0. The SMILES string of the molecule is CCC/C=C/C(O)C(COP(=O)(O)OCC[N+](C)(C)C)NC(=O)CCCCCCCCCCCCC/C=C\C/C=C\CCCCCCC. The Morgan fingerprint density at radius 1 is 0.708 bits per heavy atom. The summed E-state index contributed by atoms with van der Waals surface area (Å²) in [7, 11) is 1.56. The first-order chi connectivity index (χ1) is 23.0. The van der Waals surface area contributed by atoms with Gasteiger partial charge >= 0.3 is 7.82 Å². The number of hydrogen-bond acceptors (Lipinski definition) is 5. The molecule has 282 valence electrons. The minimum atomic E-state index is -4.31. The number of carbonyl (C=O) groups excluding carboxylic acids is 1. The van der Waals surface area contributed by atoms with Gasteiger partial charge in [0.2, 0.25) is 5.91 Å². The van der Waals surface area contributed by atoms with Crippen LogP contribution in [-0.4, -0.2) is 73.4 Å². The van der Waals surface area contributed by atoms with Gasteiger partial charge in [0, 0.05) is 6.42 Å². The number of aliphatic hydroxyl groups is 1. The van der Waals surface area contributed by atoms with Gasteiger partial charge in [-0.05, 0) is 44.9 Å². The summed E-state index contributed by atoms with van der Waals surface area (Å²) in [4.78, 5) is 22.7. The number of hydrogen-bond donors (Lipinski definition) is 3. The predicted molar refractivity (Wildman–Crippen MR) is 203 cm³/mol. The van der Waals surface area contributed by atoms with E-state index in [0.29, 0.717) is 17.4 Å². The van der Waals surface area contributed by atoms with Crippen LogP contribution in [0.5, 0.6) is 0 Å². The summed E-state index contributed by atoms with van der Waals surface area (Å²) in [6.07, 6.45) is 37.3. The lowest BCUT2D eigenvalue weighted by Gasteiger charge is -2.25. The standard InChI is InChI=1S/C39H75N2O6P/c1-6-8-10-11-12-13-14-15-16-17-18-19-20-21-22-23-24-25-26-27-28-29-31-33-39(43)40-37(38(42)32-30-9-7-2)36-47-48(44,45)46-35-34-41(3,4)5/h14-15,17-18,30,32,37-38,42H,6-13,16,19-29,31,33-36H2,1-5H3,(H-,40,43,44,45)/p+1/b15-14-,18-17-,32-30+. The largest absolute Gasteiger partial charge is 0.472 e. The number of aliphatic hydroxyl groups excluding tert-OH is 1. The zero-order valence-corrected chi connectivity index (χ0v) is 32.6. The van der Waals surface area contributed by atoms with Crippen molar-refractivity contribution in [3.05, 3.63) is 36.5 Å². The molecule has 3 unspecified atom stereocenters.